The Hall–Kier alpha value is -1.32. The van der Waals surface area contributed by atoms with Crippen LogP contribution in [0.5, 0.6) is 0 Å². The Morgan fingerprint density at radius 3 is 3.36 bits per heavy atom. The first kappa shape index (κ1) is 6.39. The molecule has 1 atom stereocenters. The number of hydrogen-bond donors (Lipinski definition) is 1. The summed E-state index contributed by atoms with van der Waals surface area (Å²) in [5.74, 6) is -0.262. The van der Waals surface area contributed by atoms with Crippen LogP contribution in [0.3, 0.4) is 0 Å². The van der Waals surface area contributed by atoms with Gasteiger partial charge in [0.05, 0.1) is 6.33 Å². The standard InChI is InChI=1S/C7H9N3O/c8-7(11)6-2-1-5-3-9-4-10(5)6/h3-4,6H,1-2H2,(H2,8,11). The summed E-state index contributed by atoms with van der Waals surface area (Å²) in [6.45, 7) is 0. The number of nitrogens with two attached hydrogens (primary N) is 1. The van der Waals surface area contributed by atoms with Crippen LogP contribution in [0.1, 0.15) is 18.2 Å². The lowest BCUT2D eigenvalue weighted by Gasteiger charge is -2.06. The zero-order chi connectivity index (χ0) is 7.84. The number of primary amides is 1. The SMILES string of the molecule is NC(=O)C1CCc2cncn21. The summed E-state index contributed by atoms with van der Waals surface area (Å²) >= 11 is 0. The van der Waals surface area contributed by atoms with Gasteiger partial charge in [-0.25, -0.2) is 4.98 Å². The normalized spacial score (nSPS) is 21.6. The van der Waals surface area contributed by atoms with Gasteiger partial charge in [-0.1, -0.05) is 0 Å². The molecule has 2 rings (SSSR count). The molecule has 1 amide bonds. The zero-order valence-corrected chi connectivity index (χ0v) is 6.03. The molecule has 11 heavy (non-hydrogen) atoms. The first-order valence-electron chi connectivity index (χ1n) is 3.59. The van der Waals surface area contributed by atoms with Gasteiger partial charge in [-0.15, -0.1) is 0 Å². The summed E-state index contributed by atoms with van der Waals surface area (Å²) in [5.41, 5.74) is 6.29. The van der Waals surface area contributed by atoms with Crippen molar-refractivity contribution in [2.75, 3.05) is 0 Å². The van der Waals surface area contributed by atoms with Crippen LogP contribution < -0.4 is 5.73 Å². The van der Waals surface area contributed by atoms with Gasteiger partial charge in [-0.2, -0.15) is 0 Å². The van der Waals surface area contributed by atoms with Crippen molar-refractivity contribution in [2.24, 2.45) is 5.73 Å². The number of rotatable bonds is 1. The minimum absolute atomic E-state index is 0.160. The van der Waals surface area contributed by atoms with E-state index in [0.717, 1.165) is 18.5 Å². The first-order valence-corrected chi connectivity index (χ1v) is 3.59. The molecule has 0 aromatic carbocycles. The predicted molar refractivity (Wildman–Crippen MR) is 38.8 cm³/mol. The Kier molecular flexibility index (Phi) is 1.21. The fourth-order valence-electron chi connectivity index (χ4n) is 1.51. The molecule has 0 saturated heterocycles. The van der Waals surface area contributed by atoms with Crippen molar-refractivity contribution in [3.63, 3.8) is 0 Å². The molecule has 0 aliphatic carbocycles. The fourth-order valence-corrected chi connectivity index (χ4v) is 1.51. The highest BCUT2D eigenvalue weighted by molar-refractivity contribution is 5.78. The molecule has 4 heteroatoms. The number of fused-ring (bicyclic) bond motifs is 1. The van der Waals surface area contributed by atoms with Gasteiger partial charge in [0.1, 0.15) is 6.04 Å². The summed E-state index contributed by atoms with van der Waals surface area (Å²) in [4.78, 5) is 14.8. The number of aromatic nitrogens is 2. The third kappa shape index (κ3) is 0.824. The molecule has 4 nitrogen and oxygen atoms in total. The molecule has 58 valence electrons. The number of hydrogen-bond acceptors (Lipinski definition) is 2. The van der Waals surface area contributed by atoms with Crippen molar-refractivity contribution in [2.45, 2.75) is 18.9 Å². The van der Waals surface area contributed by atoms with E-state index in [9.17, 15) is 4.79 Å². The minimum Gasteiger partial charge on any atom is -0.368 e. The van der Waals surface area contributed by atoms with Crippen LogP contribution in [-0.4, -0.2) is 15.5 Å². The minimum atomic E-state index is -0.262. The smallest absolute Gasteiger partial charge is 0.240 e. The van der Waals surface area contributed by atoms with Crippen LogP contribution in [0.2, 0.25) is 0 Å². The lowest BCUT2D eigenvalue weighted by molar-refractivity contribution is -0.120. The highest BCUT2D eigenvalue weighted by atomic mass is 16.1. The van der Waals surface area contributed by atoms with Crippen LogP contribution in [0.25, 0.3) is 0 Å². The highest BCUT2D eigenvalue weighted by Crippen LogP contribution is 2.24. The number of imidazole rings is 1. The van der Waals surface area contributed by atoms with Crippen molar-refractivity contribution in [3.05, 3.63) is 18.2 Å². The molecule has 1 aliphatic heterocycles. The predicted octanol–water partition coefficient (Wildman–Crippen LogP) is -0.144. The monoisotopic (exact) mass is 151 g/mol. The molecule has 1 aromatic rings. The quantitative estimate of drug-likeness (QED) is 0.607. The number of nitrogens with zero attached hydrogens (tertiary/aromatic N) is 2. The summed E-state index contributed by atoms with van der Waals surface area (Å²) in [5, 5.41) is 0. The van der Waals surface area contributed by atoms with Crippen molar-refractivity contribution < 1.29 is 4.79 Å². The molecule has 1 unspecified atom stereocenters. The largest absolute Gasteiger partial charge is 0.368 e. The molecular formula is C7H9N3O. The molecule has 0 saturated carbocycles. The summed E-state index contributed by atoms with van der Waals surface area (Å²) in [7, 11) is 0. The highest BCUT2D eigenvalue weighted by Gasteiger charge is 2.25. The fraction of sp³-hybridized carbons (Fsp3) is 0.429. The van der Waals surface area contributed by atoms with Gasteiger partial charge in [0.2, 0.25) is 5.91 Å². The number of carbonyl (C=O) groups excluding carboxylic acids is 1. The molecule has 0 bridgehead atoms. The van der Waals surface area contributed by atoms with Crippen LogP contribution in [0.15, 0.2) is 12.5 Å². The Bertz CT molecular complexity index is 292. The van der Waals surface area contributed by atoms with E-state index in [1.54, 1.807) is 12.5 Å². The van der Waals surface area contributed by atoms with Gasteiger partial charge < -0.3 is 10.3 Å². The summed E-state index contributed by atoms with van der Waals surface area (Å²) < 4.78 is 1.85. The van der Waals surface area contributed by atoms with Gasteiger partial charge in [0.25, 0.3) is 0 Å². The Balaban J connectivity index is 2.38. The van der Waals surface area contributed by atoms with Crippen molar-refractivity contribution >= 4 is 5.91 Å². The van der Waals surface area contributed by atoms with Crippen molar-refractivity contribution in [3.8, 4) is 0 Å². The van der Waals surface area contributed by atoms with Crippen LogP contribution >= 0.6 is 0 Å². The van der Waals surface area contributed by atoms with E-state index in [1.165, 1.54) is 0 Å². The average Bonchev–Trinajstić information content (AvgIpc) is 2.41. The van der Waals surface area contributed by atoms with Crippen LogP contribution in [0.4, 0.5) is 0 Å². The first-order chi connectivity index (χ1) is 5.29. The van der Waals surface area contributed by atoms with Gasteiger partial charge in [0.15, 0.2) is 0 Å². The Morgan fingerprint density at radius 2 is 2.64 bits per heavy atom. The average molecular weight is 151 g/mol. The second kappa shape index (κ2) is 2.08. The lowest BCUT2D eigenvalue weighted by Crippen LogP contribution is -2.23. The van der Waals surface area contributed by atoms with Crippen molar-refractivity contribution in [1.29, 1.82) is 0 Å². The Labute approximate surface area is 64.0 Å². The maximum atomic E-state index is 10.8. The maximum absolute atomic E-state index is 10.8. The molecule has 2 heterocycles. The molecule has 0 fully saturated rings. The maximum Gasteiger partial charge on any atom is 0.240 e. The third-order valence-corrected chi connectivity index (χ3v) is 2.08. The van der Waals surface area contributed by atoms with Gasteiger partial charge >= 0.3 is 0 Å². The number of aryl methyl sites for hydroxylation is 1. The second-order valence-electron chi connectivity index (χ2n) is 2.75. The van der Waals surface area contributed by atoms with E-state index < -0.39 is 0 Å². The van der Waals surface area contributed by atoms with Gasteiger partial charge in [0, 0.05) is 11.9 Å². The van der Waals surface area contributed by atoms with E-state index in [1.807, 2.05) is 4.57 Å². The van der Waals surface area contributed by atoms with Crippen molar-refractivity contribution in [1.82, 2.24) is 9.55 Å². The molecule has 2 N–H and O–H groups in total. The zero-order valence-electron chi connectivity index (χ0n) is 6.03. The Morgan fingerprint density at radius 1 is 1.82 bits per heavy atom. The van der Waals surface area contributed by atoms with E-state index in [4.69, 9.17) is 5.73 Å². The molecular weight excluding hydrogens is 142 g/mol. The van der Waals surface area contributed by atoms with Gasteiger partial charge in [-0.3, -0.25) is 4.79 Å². The molecule has 1 aliphatic rings. The second-order valence-corrected chi connectivity index (χ2v) is 2.75. The van der Waals surface area contributed by atoms with Gasteiger partial charge in [-0.05, 0) is 12.8 Å². The lowest BCUT2D eigenvalue weighted by atomic mass is 10.2. The van der Waals surface area contributed by atoms with E-state index >= 15 is 0 Å². The van der Waals surface area contributed by atoms with E-state index in [2.05, 4.69) is 4.98 Å². The molecule has 1 aromatic heterocycles. The van der Waals surface area contributed by atoms with E-state index in [-0.39, 0.29) is 11.9 Å². The van der Waals surface area contributed by atoms with Crippen LogP contribution in [-0.2, 0) is 11.2 Å². The van der Waals surface area contributed by atoms with Crippen LogP contribution in [0, 0.1) is 0 Å². The summed E-state index contributed by atoms with van der Waals surface area (Å²) in [6.07, 6.45) is 5.18. The topological polar surface area (TPSA) is 60.9 Å². The molecule has 0 spiro atoms. The van der Waals surface area contributed by atoms with E-state index in [0.29, 0.717) is 0 Å². The number of carbonyl (C=O) groups is 1. The summed E-state index contributed by atoms with van der Waals surface area (Å²) in [6, 6.07) is -0.160. The number of amides is 1. The third-order valence-electron chi connectivity index (χ3n) is 2.08. The molecule has 0 radical (unpaired) electrons.